The number of ketones is 2. The molecule has 0 radical (unpaired) electrons. The molecule has 6 rings (SSSR count). The molecule has 16 nitrogen and oxygen atoms in total. The zero-order valence-electron chi connectivity index (χ0n) is 28.6. The lowest BCUT2D eigenvalue weighted by Gasteiger charge is -2.59. The number of ether oxygens (including phenoxy) is 4. The van der Waals surface area contributed by atoms with Crippen LogP contribution in [0.5, 0.6) is 5.88 Å². The number of carbonyl (C=O) groups is 6. The number of fused-ring (bicyclic) bond motifs is 2. The average molecular weight is 744 g/mol. The van der Waals surface area contributed by atoms with Crippen molar-refractivity contribution in [3.05, 3.63) is 47.4 Å². The number of hydrogen-bond acceptors (Lipinski definition) is 14. The molecule has 278 valence electrons. The maximum Gasteiger partial charge on any atom is 0.404 e. The summed E-state index contributed by atoms with van der Waals surface area (Å²) in [5.41, 5.74) is -3.99. The standard InChI is InChI=1S/C35H39N2O14S/c1-20-22-12-13-23-34(24(18-38)33(2,3)15-14-25(34)39)19-49-32(43)35(23,28(20)42)29(22)50-27(41)11-7-10-26(40)47-16-17-48-30-31(37(44)51-36-30)52(45,46)21-8-5-4-6-9-21/h4-6,8-9,18,22-24,29,36H,1,7,10-17,19H2,2-3H3/q+1/t22-,23-,24+,29+,34-,35-/m0/s1. The number of aromatic nitrogens is 2. The Morgan fingerprint density at radius 1 is 1.08 bits per heavy atom. The molecular weight excluding hydrogens is 704 g/mol. The fourth-order valence-corrected chi connectivity index (χ4v) is 10.0. The first kappa shape index (κ1) is 36.8. The van der Waals surface area contributed by atoms with Gasteiger partial charge >= 0.3 is 28.8 Å². The lowest BCUT2D eigenvalue weighted by Crippen LogP contribution is -2.70. The summed E-state index contributed by atoms with van der Waals surface area (Å²) in [5.74, 6) is -6.27. The summed E-state index contributed by atoms with van der Waals surface area (Å²) in [6.45, 7) is 6.63. The number of H-pyrrole nitrogens is 1. The number of Topliss-reactive ketones (excluding diaryl/α,β-unsaturated/α-hetero) is 2. The molecule has 0 unspecified atom stereocenters. The molecule has 17 heteroatoms. The summed E-state index contributed by atoms with van der Waals surface area (Å²) in [6.07, 6.45) is 0.0571. The van der Waals surface area contributed by atoms with Crippen LogP contribution in [0.3, 0.4) is 0 Å². The van der Waals surface area contributed by atoms with Gasteiger partial charge in [-0.2, -0.15) is 0 Å². The van der Waals surface area contributed by atoms with E-state index in [1.54, 1.807) is 6.07 Å². The quantitative estimate of drug-likeness (QED) is 0.0822. The second-order valence-electron chi connectivity index (χ2n) is 14.3. The molecule has 1 aromatic heterocycles. The maximum absolute atomic E-state index is 14.0. The zero-order valence-corrected chi connectivity index (χ0v) is 29.4. The molecule has 2 heterocycles. The second kappa shape index (κ2) is 13.6. The Hall–Kier alpha value is -4.93. The average Bonchev–Trinajstić information content (AvgIpc) is 3.54. The van der Waals surface area contributed by atoms with Crippen molar-refractivity contribution in [3.63, 3.8) is 0 Å². The monoisotopic (exact) mass is 743 g/mol. The van der Waals surface area contributed by atoms with Gasteiger partial charge in [-0.05, 0) is 58.9 Å². The van der Waals surface area contributed by atoms with Gasteiger partial charge in [0.2, 0.25) is 4.60 Å². The summed E-state index contributed by atoms with van der Waals surface area (Å²) in [6, 6.07) is 7.14. The molecular formula is C35H39N2O14S+. The van der Waals surface area contributed by atoms with Crippen molar-refractivity contribution in [1.29, 1.82) is 0 Å². The van der Waals surface area contributed by atoms with E-state index in [1.807, 2.05) is 13.8 Å². The van der Waals surface area contributed by atoms with Crippen LogP contribution < -0.4 is 9.34 Å². The number of benzene rings is 1. The van der Waals surface area contributed by atoms with Crippen LogP contribution in [-0.2, 0) is 52.8 Å². The second-order valence-corrected chi connectivity index (χ2v) is 16.2. The van der Waals surface area contributed by atoms with Gasteiger partial charge in [0.1, 0.15) is 38.0 Å². The van der Waals surface area contributed by atoms with Gasteiger partial charge in [0.25, 0.3) is 9.84 Å². The van der Waals surface area contributed by atoms with Crippen LogP contribution in [0.2, 0.25) is 0 Å². The summed E-state index contributed by atoms with van der Waals surface area (Å²) < 4.78 is 52.0. The summed E-state index contributed by atoms with van der Waals surface area (Å²) in [7, 11) is -4.31. The number of nitrogens with zero attached hydrogens (tertiary/aromatic N) is 1. The Kier molecular flexibility index (Phi) is 9.61. The molecule has 1 aliphatic heterocycles. The third-order valence-corrected chi connectivity index (χ3v) is 12.9. The largest absolute Gasteiger partial charge is 0.464 e. The van der Waals surface area contributed by atoms with Gasteiger partial charge in [-0.3, -0.25) is 24.0 Å². The fraction of sp³-hybridized carbons (Fsp3) is 0.543. The Morgan fingerprint density at radius 3 is 2.50 bits per heavy atom. The molecule has 1 aromatic carbocycles. The number of rotatable bonds is 12. The third kappa shape index (κ3) is 5.69. The van der Waals surface area contributed by atoms with Crippen molar-refractivity contribution < 1.29 is 65.4 Å². The number of aldehydes is 1. The summed E-state index contributed by atoms with van der Waals surface area (Å²) in [5, 5.41) is 1.26. The first-order valence-electron chi connectivity index (χ1n) is 17.0. The van der Waals surface area contributed by atoms with E-state index < -0.39 is 84.5 Å². The summed E-state index contributed by atoms with van der Waals surface area (Å²) >= 11 is 0. The maximum atomic E-state index is 14.0. The van der Waals surface area contributed by atoms with E-state index >= 15 is 0 Å². The minimum atomic E-state index is -4.31. The highest BCUT2D eigenvalue weighted by molar-refractivity contribution is 7.91. The van der Waals surface area contributed by atoms with Crippen molar-refractivity contribution in [2.24, 2.45) is 34.0 Å². The number of sulfone groups is 1. The van der Waals surface area contributed by atoms with Crippen molar-refractivity contribution in [1.82, 2.24) is 5.16 Å². The van der Waals surface area contributed by atoms with E-state index in [1.165, 1.54) is 24.3 Å². The molecule has 3 aliphatic carbocycles. The molecule has 0 amide bonds. The van der Waals surface area contributed by atoms with E-state index in [0.717, 1.165) is 6.29 Å². The zero-order chi connectivity index (χ0) is 37.6. The third-order valence-electron chi connectivity index (χ3n) is 11.2. The Bertz CT molecular complexity index is 2000. The molecule has 1 saturated heterocycles. The molecule has 2 aromatic rings. The number of aromatic amines is 1. The molecule has 3 saturated carbocycles. The van der Waals surface area contributed by atoms with E-state index in [4.69, 9.17) is 18.9 Å². The molecule has 52 heavy (non-hydrogen) atoms. The highest BCUT2D eigenvalue weighted by Gasteiger charge is 2.78. The number of carbonyl (C=O) groups excluding carboxylic acids is 6. The van der Waals surface area contributed by atoms with Crippen molar-refractivity contribution in [2.75, 3.05) is 19.8 Å². The van der Waals surface area contributed by atoms with Gasteiger partial charge in [0.15, 0.2) is 11.2 Å². The first-order valence-corrected chi connectivity index (χ1v) is 18.4. The van der Waals surface area contributed by atoms with Crippen LogP contribution >= 0.6 is 0 Å². The topological polar surface area (TPSA) is 225 Å². The van der Waals surface area contributed by atoms with Crippen molar-refractivity contribution in [3.8, 4) is 5.88 Å². The van der Waals surface area contributed by atoms with Crippen LogP contribution in [0.1, 0.15) is 58.8 Å². The van der Waals surface area contributed by atoms with E-state index in [-0.39, 0.29) is 72.8 Å². The van der Waals surface area contributed by atoms with Crippen LogP contribution in [0.15, 0.2) is 57.0 Å². The van der Waals surface area contributed by atoms with E-state index in [9.17, 15) is 42.1 Å². The van der Waals surface area contributed by atoms with E-state index in [0.29, 0.717) is 12.8 Å². The lowest BCUT2D eigenvalue weighted by atomic mass is 9.44. The van der Waals surface area contributed by atoms with Crippen molar-refractivity contribution >= 4 is 45.6 Å². The summed E-state index contributed by atoms with van der Waals surface area (Å²) in [4.78, 5) is 91.5. The predicted molar refractivity (Wildman–Crippen MR) is 172 cm³/mol. The van der Waals surface area contributed by atoms with Crippen LogP contribution in [-0.4, -0.2) is 75.3 Å². The van der Waals surface area contributed by atoms with E-state index in [2.05, 4.69) is 16.4 Å². The van der Waals surface area contributed by atoms with Gasteiger partial charge in [0.05, 0.1) is 10.3 Å². The normalized spacial score (nSPS) is 29.3. The van der Waals surface area contributed by atoms with Gasteiger partial charge in [-0.25, -0.2) is 8.42 Å². The SMILES string of the molecule is C=C1C(=O)[C@@]23C(=O)OC[C@]4(C(=O)CCC(C)(C)[C@H]4C=O)[C@@H]2CC[C@@H]1[C@H]3OC(=O)CCCC(=O)OCCOc1[nH]o[n+](=O)c1S(=O)(=O)c1ccccc1. The fourth-order valence-electron chi connectivity index (χ4n) is 8.72. The van der Waals surface area contributed by atoms with Crippen molar-refractivity contribution in [2.45, 2.75) is 74.8 Å². The van der Waals surface area contributed by atoms with Gasteiger partial charge in [-0.15, -0.1) is 0 Å². The minimum Gasteiger partial charge on any atom is -0.464 e. The highest BCUT2D eigenvalue weighted by atomic mass is 32.2. The lowest BCUT2D eigenvalue weighted by molar-refractivity contribution is -0.744. The van der Waals surface area contributed by atoms with Crippen LogP contribution in [0.4, 0.5) is 0 Å². The van der Waals surface area contributed by atoms with Gasteiger partial charge < -0.3 is 23.7 Å². The van der Waals surface area contributed by atoms with Gasteiger partial charge in [-0.1, -0.05) is 43.3 Å². The molecule has 2 bridgehead atoms. The molecule has 4 fully saturated rings. The smallest absolute Gasteiger partial charge is 0.404 e. The number of cyclic esters (lactones) is 1. The van der Waals surface area contributed by atoms with Crippen LogP contribution in [0.25, 0.3) is 0 Å². The number of esters is 3. The Labute approximate surface area is 297 Å². The Morgan fingerprint density at radius 2 is 1.79 bits per heavy atom. The minimum absolute atomic E-state index is 0.0271. The highest BCUT2D eigenvalue weighted by Crippen LogP contribution is 2.67. The molecule has 2 spiro atoms. The Balaban J connectivity index is 1.06. The molecule has 1 N–H and O–H groups in total. The number of nitrogens with one attached hydrogen (secondary N) is 1. The number of hydrogen-bond donors (Lipinski definition) is 1. The molecule has 4 aliphatic rings. The molecule has 6 atom stereocenters. The van der Waals surface area contributed by atoms with Gasteiger partial charge in [0, 0.05) is 37.0 Å². The first-order chi connectivity index (χ1) is 24.6. The predicted octanol–water partition coefficient (Wildman–Crippen LogP) is 2.26. The van der Waals surface area contributed by atoms with Crippen LogP contribution in [0, 0.1) is 38.9 Å².